The zero-order chi connectivity index (χ0) is 17.0. The van der Waals surface area contributed by atoms with Gasteiger partial charge in [0.2, 0.25) is 0 Å². The van der Waals surface area contributed by atoms with Crippen LogP contribution in [0.3, 0.4) is 0 Å². The van der Waals surface area contributed by atoms with E-state index in [1.165, 1.54) is 12.1 Å². The van der Waals surface area contributed by atoms with Crippen molar-refractivity contribution in [3.8, 4) is 0 Å². The molecule has 23 heavy (non-hydrogen) atoms. The lowest BCUT2D eigenvalue weighted by atomic mass is 10.2. The second-order valence-corrected chi connectivity index (χ2v) is 7.33. The number of hydrogen-bond acceptors (Lipinski definition) is 6. The van der Waals surface area contributed by atoms with Crippen LogP contribution in [0.25, 0.3) is 0 Å². The molecule has 0 fully saturated rings. The van der Waals surface area contributed by atoms with Gasteiger partial charge in [-0.05, 0) is 32.0 Å². The summed E-state index contributed by atoms with van der Waals surface area (Å²) in [6, 6.07) is 9.05. The van der Waals surface area contributed by atoms with Gasteiger partial charge in [0.05, 0.1) is 15.6 Å². The van der Waals surface area contributed by atoms with Gasteiger partial charge in [-0.1, -0.05) is 17.7 Å². The molecule has 0 bridgehead atoms. The molecule has 0 amide bonds. The van der Waals surface area contributed by atoms with E-state index in [9.17, 15) is 18.5 Å². The summed E-state index contributed by atoms with van der Waals surface area (Å²) in [6.07, 6.45) is 1.13. The fourth-order valence-corrected chi connectivity index (χ4v) is 3.53. The summed E-state index contributed by atoms with van der Waals surface area (Å²) in [6.45, 7) is 3.61. The third-order valence-corrected chi connectivity index (χ3v) is 5.13. The van der Waals surface area contributed by atoms with Crippen molar-refractivity contribution in [3.63, 3.8) is 0 Å². The van der Waals surface area contributed by atoms with Crippen LogP contribution in [0.5, 0.6) is 0 Å². The molecule has 2 rings (SSSR count). The van der Waals surface area contributed by atoms with Crippen molar-refractivity contribution in [2.45, 2.75) is 24.8 Å². The van der Waals surface area contributed by atoms with Gasteiger partial charge in [0, 0.05) is 12.1 Å². The number of pyridine rings is 1. The summed E-state index contributed by atoms with van der Waals surface area (Å²) in [4.78, 5) is 14.2. The third kappa shape index (κ3) is 4.49. The molecule has 2 aromatic rings. The topological polar surface area (TPSA) is 102 Å². The predicted octanol–water partition coefficient (Wildman–Crippen LogP) is 2.57. The largest absolute Gasteiger partial charge is 0.367 e. The molecule has 122 valence electrons. The Balaban J connectivity index is 2.04. The van der Waals surface area contributed by atoms with Gasteiger partial charge in [-0.3, -0.25) is 10.1 Å². The normalized spacial score (nSPS) is 12.6. The molecule has 0 aliphatic heterocycles. The first kappa shape index (κ1) is 16.9. The highest BCUT2D eigenvalue weighted by Gasteiger charge is 2.18. The van der Waals surface area contributed by atoms with Gasteiger partial charge in [0.15, 0.2) is 9.84 Å². The first-order chi connectivity index (χ1) is 10.8. The summed E-state index contributed by atoms with van der Waals surface area (Å²) in [7, 11) is -3.42. The summed E-state index contributed by atoms with van der Waals surface area (Å²) in [5, 5.41) is 13.5. The molecule has 1 aromatic carbocycles. The van der Waals surface area contributed by atoms with Crippen LogP contribution in [0.4, 0.5) is 11.5 Å². The highest BCUT2D eigenvalue weighted by Crippen LogP contribution is 2.16. The number of benzene rings is 1. The third-order valence-electron chi connectivity index (χ3n) is 3.20. The lowest BCUT2D eigenvalue weighted by Gasteiger charge is -2.14. The Morgan fingerprint density at radius 2 is 1.87 bits per heavy atom. The lowest BCUT2D eigenvalue weighted by Crippen LogP contribution is -2.26. The molecule has 0 radical (unpaired) electrons. The Hall–Kier alpha value is -2.48. The maximum atomic E-state index is 12.3. The van der Waals surface area contributed by atoms with Crippen molar-refractivity contribution < 1.29 is 13.3 Å². The minimum absolute atomic E-state index is 0.102. The Morgan fingerprint density at radius 3 is 2.39 bits per heavy atom. The molecule has 7 nitrogen and oxygen atoms in total. The van der Waals surface area contributed by atoms with E-state index in [1.54, 1.807) is 31.2 Å². The van der Waals surface area contributed by atoms with Gasteiger partial charge < -0.3 is 5.32 Å². The zero-order valence-electron chi connectivity index (χ0n) is 12.8. The number of hydrogen-bond donors (Lipinski definition) is 1. The van der Waals surface area contributed by atoms with Crippen LogP contribution < -0.4 is 5.32 Å². The monoisotopic (exact) mass is 335 g/mol. The second kappa shape index (κ2) is 6.74. The smallest absolute Gasteiger partial charge is 0.287 e. The molecule has 1 atom stereocenters. The molecule has 0 saturated heterocycles. The van der Waals surface area contributed by atoms with E-state index in [0.717, 1.165) is 11.8 Å². The number of nitrogens with one attached hydrogen (secondary N) is 1. The second-order valence-electron chi connectivity index (χ2n) is 5.30. The van der Waals surface area contributed by atoms with Crippen molar-refractivity contribution in [1.29, 1.82) is 0 Å². The highest BCUT2D eigenvalue weighted by molar-refractivity contribution is 7.91. The molecule has 0 saturated carbocycles. The predicted molar refractivity (Wildman–Crippen MR) is 87.2 cm³/mol. The van der Waals surface area contributed by atoms with Crippen molar-refractivity contribution in [2.75, 3.05) is 11.1 Å². The summed E-state index contributed by atoms with van der Waals surface area (Å²) < 4.78 is 24.7. The van der Waals surface area contributed by atoms with Crippen LogP contribution in [0, 0.1) is 17.0 Å². The lowest BCUT2D eigenvalue weighted by molar-refractivity contribution is -0.385. The SMILES string of the molecule is Cc1ccc(S(=O)(=O)CC(C)Nc2ccc([N+](=O)[O-])cn2)cc1. The number of anilines is 1. The molecule has 0 spiro atoms. The van der Waals surface area contributed by atoms with E-state index in [4.69, 9.17) is 0 Å². The molecule has 1 aromatic heterocycles. The van der Waals surface area contributed by atoms with Crippen LogP contribution in [-0.2, 0) is 9.84 Å². The molecular weight excluding hydrogens is 318 g/mol. The molecule has 1 unspecified atom stereocenters. The summed E-state index contributed by atoms with van der Waals surface area (Å²) in [5.74, 6) is 0.288. The molecule has 1 heterocycles. The van der Waals surface area contributed by atoms with E-state index >= 15 is 0 Å². The van der Waals surface area contributed by atoms with E-state index in [0.29, 0.717) is 5.82 Å². The average Bonchev–Trinajstić information content (AvgIpc) is 2.47. The number of aromatic nitrogens is 1. The van der Waals surface area contributed by atoms with Crippen LogP contribution >= 0.6 is 0 Å². The van der Waals surface area contributed by atoms with Gasteiger partial charge in [0.1, 0.15) is 12.0 Å². The Kier molecular flexibility index (Phi) is 4.95. The molecular formula is C15H17N3O4S. The average molecular weight is 335 g/mol. The fourth-order valence-electron chi connectivity index (χ4n) is 2.04. The van der Waals surface area contributed by atoms with Crippen molar-refractivity contribution in [2.24, 2.45) is 0 Å². The van der Waals surface area contributed by atoms with Crippen LogP contribution in [-0.4, -0.2) is 30.1 Å². The van der Waals surface area contributed by atoms with Gasteiger partial charge in [-0.15, -0.1) is 0 Å². The quantitative estimate of drug-likeness (QED) is 0.643. The Bertz CT molecular complexity index is 786. The number of aryl methyl sites for hydroxylation is 1. The van der Waals surface area contributed by atoms with E-state index < -0.39 is 20.8 Å². The Morgan fingerprint density at radius 1 is 1.22 bits per heavy atom. The molecule has 0 aliphatic rings. The minimum atomic E-state index is -3.42. The maximum Gasteiger partial charge on any atom is 0.287 e. The molecule has 1 N–H and O–H groups in total. The van der Waals surface area contributed by atoms with Gasteiger partial charge in [-0.2, -0.15) is 0 Å². The van der Waals surface area contributed by atoms with Gasteiger partial charge >= 0.3 is 0 Å². The van der Waals surface area contributed by atoms with Gasteiger partial charge in [-0.25, -0.2) is 13.4 Å². The first-order valence-corrected chi connectivity index (χ1v) is 8.59. The zero-order valence-corrected chi connectivity index (χ0v) is 13.6. The molecule has 8 heteroatoms. The summed E-state index contributed by atoms with van der Waals surface area (Å²) in [5.41, 5.74) is 0.876. The number of nitro groups is 1. The fraction of sp³-hybridized carbons (Fsp3) is 0.267. The van der Waals surface area contributed by atoms with Crippen molar-refractivity contribution in [1.82, 2.24) is 4.98 Å². The maximum absolute atomic E-state index is 12.3. The van der Waals surface area contributed by atoms with Crippen LogP contribution in [0.2, 0.25) is 0 Å². The first-order valence-electron chi connectivity index (χ1n) is 6.94. The van der Waals surface area contributed by atoms with E-state index in [1.807, 2.05) is 6.92 Å². The molecule has 0 aliphatic carbocycles. The van der Waals surface area contributed by atoms with E-state index in [-0.39, 0.29) is 16.3 Å². The Labute approximate surface area is 134 Å². The summed E-state index contributed by atoms with van der Waals surface area (Å²) >= 11 is 0. The number of rotatable bonds is 6. The van der Waals surface area contributed by atoms with Crippen LogP contribution in [0.1, 0.15) is 12.5 Å². The standard InChI is InChI=1S/C15H17N3O4S/c1-11-3-6-14(7-4-11)23(21,22)10-12(2)17-15-8-5-13(9-16-15)18(19)20/h3-9,12H,10H2,1-2H3,(H,16,17). The number of sulfone groups is 1. The van der Waals surface area contributed by atoms with Crippen LogP contribution in [0.15, 0.2) is 47.5 Å². The van der Waals surface area contributed by atoms with E-state index in [2.05, 4.69) is 10.3 Å². The minimum Gasteiger partial charge on any atom is -0.367 e. The number of nitrogens with zero attached hydrogens (tertiary/aromatic N) is 2. The van der Waals surface area contributed by atoms with Crippen molar-refractivity contribution in [3.05, 3.63) is 58.3 Å². The van der Waals surface area contributed by atoms with Crippen molar-refractivity contribution >= 4 is 21.3 Å². The highest BCUT2D eigenvalue weighted by atomic mass is 32.2. The van der Waals surface area contributed by atoms with Gasteiger partial charge in [0.25, 0.3) is 5.69 Å².